The van der Waals surface area contributed by atoms with Crippen LogP contribution in [0.3, 0.4) is 0 Å². The van der Waals surface area contributed by atoms with Crippen molar-refractivity contribution >= 4 is 17.9 Å². The van der Waals surface area contributed by atoms with E-state index in [2.05, 4.69) is 16.0 Å². The van der Waals surface area contributed by atoms with Gasteiger partial charge >= 0.3 is 12.0 Å². The highest BCUT2D eigenvalue weighted by molar-refractivity contribution is 5.86. The molecule has 4 N–H and O–H groups in total. The molecule has 2 aromatic carbocycles. The Morgan fingerprint density at radius 1 is 1.05 bits per heavy atom. The molecule has 41 heavy (non-hydrogen) atoms. The van der Waals surface area contributed by atoms with Gasteiger partial charge in [-0.05, 0) is 48.3 Å². The number of aliphatic hydroxyl groups excluding tert-OH is 1. The summed E-state index contributed by atoms with van der Waals surface area (Å²) in [6.07, 6.45) is -2.09. The Morgan fingerprint density at radius 3 is 2.32 bits per heavy atom. The smallest absolute Gasteiger partial charge is 0.408 e. The predicted molar refractivity (Wildman–Crippen MR) is 151 cm³/mol. The van der Waals surface area contributed by atoms with Crippen LogP contribution in [0.25, 0.3) is 0 Å². The highest BCUT2D eigenvalue weighted by Crippen LogP contribution is 2.43. The fourth-order valence-corrected chi connectivity index (χ4v) is 4.92. The fraction of sp³-hybridized carbons (Fsp3) is 0.516. The highest BCUT2D eigenvalue weighted by Gasteiger charge is 2.46. The van der Waals surface area contributed by atoms with Crippen molar-refractivity contribution in [1.29, 1.82) is 0 Å². The lowest BCUT2D eigenvalue weighted by atomic mass is 9.93. The first-order chi connectivity index (χ1) is 19.4. The summed E-state index contributed by atoms with van der Waals surface area (Å²) in [4.78, 5) is 38.2. The monoisotopic (exact) mass is 573 g/mol. The molecule has 224 valence electrons. The Hall–Kier alpha value is -3.53. The van der Waals surface area contributed by atoms with Gasteiger partial charge in [0.1, 0.15) is 6.04 Å². The Balaban J connectivity index is 1.80. The molecule has 2 aromatic rings. The summed E-state index contributed by atoms with van der Waals surface area (Å²) in [5.41, 5.74) is 0.534. The number of alkyl halides is 2. The third kappa shape index (κ3) is 8.73. The average Bonchev–Trinajstić information content (AvgIpc) is 3.34. The molecule has 3 rings (SSSR count). The molecule has 8 nitrogen and oxygen atoms in total. The number of aliphatic hydroxyl groups is 1. The molecule has 0 unspecified atom stereocenters. The van der Waals surface area contributed by atoms with Crippen LogP contribution in [0.5, 0.6) is 0 Å². The van der Waals surface area contributed by atoms with Crippen LogP contribution in [-0.2, 0) is 20.2 Å². The second-order valence-corrected chi connectivity index (χ2v) is 11.3. The van der Waals surface area contributed by atoms with Gasteiger partial charge in [0.2, 0.25) is 11.8 Å². The van der Waals surface area contributed by atoms with Crippen molar-refractivity contribution < 1.29 is 33.0 Å². The molecule has 1 heterocycles. The van der Waals surface area contributed by atoms with E-state index in [0.717, 1.165) is 5.56 Å². The molecule has 1 aliphatic rings. The van der Waals surface area contributed by atoms with Gasteiger partial charge in [0.15, 0.2) is 6.10 Å². The normalized spacial score (nSPS) is 17.6. The molecule has 3 amide bonds. The summed E-state index contributed by atoms with van der Waals surface area (Å²) >= 11 is 0. The van der Waals surface area contributed by atoms with E-state index in [9.17, 15) is 19.5 Å². The number of benzene rings is 2. The SMILES string of the molecule is CC(C)C[C@H](NC(=O)O[C@H](c1ccccc1)C(F)(F)c1cccc(C(C)C)c1)C(=O)N[C@H](CO)C[C@@H]1CCNC1=O. The number of ether oxygens (including phenoxy) is 1. The van der Waals surface area contributed by atoms with E-state index < -0.39 is 42.7 Å². The molecule has 0 saturated carbocycles. The van der Waals surface area contributed by atoms with Crippen molar-refractivity contribution in [3.8, 4) is 0 Å². The lowest BCUT2D eigenvalue weighted by Crippen LogP contribution is -2.52. The van der Waals surface area contributed by atoms with Crippen molar-refractivity contribution in [3.63, 3.8) is 0 Å². The minimum absolute atomic E-state index is 0.0197. The lowest BCUT2D eigenvalue weighted by molar-refractivity contribution is -0.128. The zero-order valence-electron chi connectivity index (χ0n) is 24.0. The predicted octanol–water partition coefficient (Wildman–Crippen LogP) is 4.79. The number of hydrogen-bond donors (Lipinski definition) is 4. The average molecular weight is 574 g/mol. The summed E-state index contributed by atoms with van der Waals surface area (Å²) in [6, 6.07) is 12.0. The van der Waals surface area contributed by atoms with E-state index in [1.54, 1.807) is 30.3 Å². The first-order valence-corrected chi connectivity index (χ1v) is 14.1. The van der Waals surface area contributed by atoms with Gasteiger partial charge in [-0.2, -0.15) is 8.78 Å². The first-order valence-electron chi connectivity index (χ1n) is 14.1. The number of amides is 3. The number of alkyl carbamates (subject to hydrolysis) is 1. The van der Waals surface area contributed by atoms with Crippen molar-refractivity contribution in [2.75, 3.05) is 13.2 Å². The summed E-state index contributed by atoms with van der Waals surface area (Å²) in [7, 11) is 0. The van der Waals surface area contributed by atoms with E-state index in [4.69, 9.17) is 4.74 Å². The summed E-state index contributed by atoms with van der Waals surface area (Å²) in [5, 5.41) is 17.7. The number of carbonyl (C=O) groups is 3. The highest BCUT2D eigenvalue weighted by atomic mass is 19.3. The molecule has 0 aromatic heterocycles. The Bertz CT molecular complexity index is 1180. The van der Waals surface area contributed by atoms with Crippen LogP contribution in [-0.4, -0.2) is 48.2 Å². The van der Waals surface area contributed by atoms with Crippen molar-refractivity contribution in [2.45, 2.75) is 77.0 Å². The second kappa shape index (κ2) is 14.4. The van der Waals surface area contributed by atoms with Gasteiger partial charge in [0.25, 0.3) is 0 Å². The summed E-state index contributed by atoms with van der Waals surface area (Å²) in [5.74, 6) is -4.67. The van der Waals surface area contributed by atoms with Crippen molar-refractivity contribution in [3.05, 3.63) is 71.3 Å². The first kappa shape index (κ1) is 32.0. The molecule has 10 heteroatoms. The number of nitrogens with one attached hydrogen (secondary N) is 3. The molecular formula is C31H41F2N3O5. The molecule has 0 aliphatic carbocycles. The lowest BCUT2D eigenvalue weighted by Gasteiger charge is -2.29. The molecule has 0 bridgehead atoms. The molecule has 1 saturated heterocycles. The topological polar surface area (TPSA) is 117 Å². The van der Waals surface area contributed by atoms with E-state index >= 15 is 8.78 Å². The summed E-state index contributed by atoms with van der Waals surface area (Å²) < 4.78 is 37.4. The number of carbonyl (C=O) groups excluding carboxylic acids is 3. The van der Waals surface area contributed by atoms with Crippen molar-refractivity contribution in [1.82, 2.24) is 16.0 Å². The van der Waals surface area contributed by atoms with Crippen LogP contribution < -0.4 is 16.0 Å². The fourth-order valence-electron chi connectivity index (χ4n) is 4.92. The molecule has 1 aliphatic heterocycles. The number of halogens is 2. The van der Waals surface area contributed by atoms with E-state index in [1.165, 1.54) is 24.3 Å². The Labute approximate surface area is 240 Å². The van der Waals surface area contributed by atoms with Crippen molar-refractivity contribution in [2.24, 2.45) is 11.8 Å². The molecule has 0 spiro atoms. The van der Waals surface area contributed by atoms with E-state index in [-0.39, 0.29) is 47.6 Å². The van der Waals surface area contributed by atoms with Crippen LogP contribution in [0.15, 0.2) is 54.6 Å². The van der Waals surface area contributed by atoms with Gasteiger partial charge in [0.05, 0.1) is 12.6 Å². The Morgan fingerprint density at radius 2 is 1.73 bits per heavy atom. The van der Waals surface area contributed by atoms with Crippen LogP contribution >= 0.6 is 0 Å². The van der Waals surface area contributed by atoms with Gasteiger partial charge in [-0.15, -0.1) is 0 Å². The number of rotatable bonds is 13. The van der Waals surface area contributed by atoms with Gasteiger partial charge in [-0.1, -0.05) is 76.2 Å². The maximum absolute atomic E-state index is 16.0. The van der Waals surface area contributed by atoms with E-state index in [1.807, 2.05) is 27.7 Å². The number of hydrogen-bond acceptors (Lipinski definition) is 5. The zero-order chi connectivity index (χ0) is 30.2. The van der Waals surface area contributed by atoms with Crippen LogP contribution in [0.2, 0.25) is 0 Å². The standard InChI is InChI=1S/C31H41F2N3O5/c1-19(2)15-26(29(39)35-25(18-37)17-23-13-14-34-28(23)38)36-30(40)41-27(21-9-6-5-7-10-21)31(32,33)24-12-8-11-22(16-24)20(3)4/h5-12,16,19-20,23,25-27,37H,13-15,17-18H2,1-4H3,(H,34,38)(H,35,39)(H,36,40)/t23-,25-,26-,27+/m0/s1. The zero-order valence-corrected chi connectivity index (χ0v) is 24.0. The maximum atomic E-state index is 16.0. The minimum atomic E-state index is -3.58. The van der Waals surface area contributed by atoms with E-state index in [0.29, 0.717) is 13.0 Å². The van der Waals surface area contributed by atoms with Gasteiger partial charge in [-0.25, -0.2) is 4.79 Å². The third-order valence-corrected chi connectivity index (χ3v) is 7.21. The van der Waals surface area contributed by atoms with Gasteiger partial charge in [0, 0.05) is 18.0 Å². The largest absolute Gasteiger partial charge is 0.434 e. The minimum Gasteiger partial charge on any atom is -0.434 e. The second-order valence-electron chi connectivity index (χ2n) is 11.3. The molecule has 0 radical (unpaired) electrons. The quantitative estimate of drug-likeness (QED) is 0.275. The Kier molecular flexibility index (Phi) is 11.2. The third-order valence-electron chi connectivity index (χ3n) is 7.21. The van der Waals surface area contributed by atoms with Crippen LogP contribution in [0, 0.1) is 11.8 Å². The van der Waals surface area contributed by atoms with Gasteiger partial charge < -0.3 is 25.8 Å². The van der Waals surface area contributed by atoms with Crippen LogP contribution in [0.4, 0.5) is 13.6 Å². The maximum Gasteiger partial charge on any atom is 0.408 e. The van der Waals surface area contributed by atoms with Gasteiger partial charge in [-0.3, -0.25) is 9.59 Å². The molecule has 1 fully saturated rings. The summed E-state index contributed by atoms with van der Waals surface area (Å²) in [6.45, 7) is 7.64. The molecular weight excluding hydrogens is 532 g/mol. The van der Waals surface area contributed by atoms with Crippen LogP contribution in [0.1, 0.15) is 75.7 Å². The molecule has 4 atom stereocenters.